The summed E-state index contributed by atoms with van der Waals surface area (Å²) in [5, 5.41) is 0. The summed E-state index contributed by atoms with van der Waals surface area (Å²) in [7, 11) is 0. The topological polar surface area (TPSA) is 17.1 Å². The average molecular weight is 542 g/mol. The van der Waals surface area contributed by atoms with Crippen LogP contribution in [0.25, 0.3) is 0 Å². The molecule has 0 saturated heterocycles. The summed E-state index contributed by atoms with van der Waals surface area (Å²) in [4.78, 5) is 2.47. The first-order chi connectivity index (χ1) is 14.8. The Balaban J connectivity index is 1.65. The zero-order valence-electron chi connectivity index (χ0n) is 16.4. The Morgan fingerprint density at radius 2 is 0.967 bits per heavy atom. The molecule has 0 aliphatic carbocycles. The first kappa shape index (κ1) is 21.4. The average Bonchev–Trinajstić information content (AvgIpc) is 2.83. The van der Waals surface area contributed by atoms with Gasteiger partial charge in [-0.05, 0) is 0 Å². The van der Waals surface area contributed by atoms with Gasteiger partial charge in [0.2, 0.25) is 0 Å². The molecule has 0 radical (unpaired) electrons. The summed E-state index contributed by atoms with van der Waals surface area (Å²) in [6.45, 7) is 0. The van der Waals surface area contributed by atoms with Crippen LogP contribution in [0.4, 0.5) is 0 Å². The van der Waals surface area contributed by atoms with E-state index in [0.717, 1.165) is 18.7 Å². The van der Waals surface area contributed by atoms with Crippen molar-refractivity contribution in [3.8, 4) is 0 Å². The number of benzene rings is 4. The van der Waals surface area contributed by atoms with Crippen LogP contribution >= 0.6 is 23.5 Å². The fourth-order valence-electron chi connectivity index (χ4n) is 3.12. The maximum atomic E-state index is 13.7. The van der Waals surface area contributed by atoms with Crippen molar-refractivity contribution < 1.29 is 3.10 Å². The first-order valence-electron chi connectivity index (χ1n) is 9.74. The Labute approximate surface area is 194 Å². The molecule has 0 heterocycles. The van der Waals surface area contributed by atoms with Crippen molar-refractivity contribution in [2.24, 2.45) is 0 Å². The van der Waals surface area contributed by atoms with Crippen LogP contribution in [-0.4, -0.2) is 19.5 Å². The van der Waals surface area contributed by atoms with Crippen molar-refractivity contribution in [2.45, 2.75) is 21.3 Å². The number of hydrogen-bond donors (Lipinski definition) is 0. The molecule has 0 fully saturated rings. The Morgan fingerprint density at radius 3 is 1.43 bits per heavy atom. The van der Waals surface area contributed by atoms with Crippen molar-refractivity contribution in [1.82, 2.24) is 0 Å². The summed E-state index contributed by atoms with van der Waals surface area (Å²) in [6, 6.07) is 37.2. The van der Waals surface area contributed by atoms with Crippen molar-refractivity contribution in [1.29, 1.82) is 0 Å². The molecule has 150 valence electrons. The summed E-state index contributed by atoms with van der Waals surface area (Å²) < 4.78 is 15.8. The number of hydrogen-bond acceptors (Lipinski definition) is 3. The molecule has 0 aliphatic heterocycles. The van der Waals surface area contributed by atoms with Gasteiger partial charge in [-0.25, -0.2) is 0 Å². The van der Waals surface area contributed by atoms with E-state index in [4.69, 9.17) is 0 Å². The normalized spacial score (nSPS) is 11.0. The van der Waals surface area contributed by atoms with E-state index in [-0.39, 0.29) is 0 Å². The van der Waals surface area contributed by atoms with E-state index in [1.807, 2.05) is 42.5 Å². The van der Waals surface area contributed by atoms with Crippen molar-refractivity contribution in [3.05, 3.63) is 120 Å². The van der Waals surface area contributed by atoms with Gasteiger partial charge < -0.3 is 0 Å². The number of rotatable bonds is 8. The third-order valence-electron chi connectivity index (χ3n) is 4.60. The second kappa shape index (κ2) is 11.0. The van der Waals surface area contributed by atoms with Gasteiger partial charge in [0.05, 0.1) is 0 Å². The van der Waals surface area contributed by atoms with Gasteiger partial charge in [-0.15, -0.1) is 0 Å². The van der Waals surface area contributed by atoms with E-state index in [9.17, 15) is 3.10 Å². The Morgan fingerprint density at radius 1 is 0.533 bits per heavy atom. The predicted molar refractivity (Wildman–Crippen MR) is 131 cm³/mol. The second-order valence-corrected chi connectivity index (χ2v) is 12.8. The van der Waals surface area contributed by atoms with E-state index in [0.29, 0.717) is 0 Å². The minimum absolute atomic E-state index is 0.829. The molecule has 0 atom stereocenters. The molecule has 4 rings (SSSR count). The van der Waals surface area contributed by atoms with Crippen molar-refractivity contribution >= 4 is 50.3 Å². The minimum atomic E-state index is -2.89. The van der Waals surface area contributed by atoms with E-state index in [1.54, 1.807) is 23.5 Å². The molecule has 0 bridgehead atoms. The zero-order valence-corrected chi connectivity index (χ0v) is 20.4. The van der Waals surface area contributed by atoms with Gasteiger partial charge in [-0.1, -0.05) is 0 Å². The molecule has 4 aromatic rings. The van der Waals surface area contributed by atoms with Crippen LogP contribution in [0, 0.1) is 0 Å². The fourth-order valence-corrected chi connectivity index (χ4v) is 9.50. The van der Waals surface area contributed by atoms with E-state index in [2.05, 4.69) is 66.7 Å². The maximum absolute atomic E-state index is 13.7. The van der Waals surface area contributed by atoms with E-state index in [1.165, 1.54) is 20.9 Å². The monoisotopic (exact) mass is 544 g/mol. The van der Waals surface area contributed by atoms with Crippen LogP contribution in [0.3, 0.4) is 0 Å². The van der Waals surface area contributed by atoms with Crippen LogP contribution in [0.15, 0.2) is 119 Å². The standard InChI is InChI=1S/C26H22OS2Te/c27-30(25-17-8-3-9-18-25)26-21(19-28-23-13-4-1-5-14-23)11-10-12-22(26)20-29-24-15-6-2-7-16-24/h1-18H,19-20H2. The molecule has 0 amide bonds. The molecular formula is C26H22OS2Te. The molecule has 1 nitrogen and oxygen atoms in total. The summed E-state index contributed by atoms with van der Waals surface area (Å²) in [5.41, 5.74) is 2.40. The third-order valence-corrected chi connectivity index (χ3v) is 11.3. The van der Waals surface area contributed by atoms with Gasteiger partial charge in [0.25, 0.3) is 0 Å². The van der Waals surface area contributed by atoms with Gasteiger partial charge in [0, 0.05) is 0 Å². The molecule has 0 saturated carbocycles. The zero-order chi connectivity index (χ0) is 20.6. The van der Waals surface area contributed by atoms with Gasteiger partial charge in [-0.3, -0.25) is 0 Å². The Hall–Kier alpha value is -1.83. The molecule has 0 N–H and O–H groups in total. The van der Waals surface area contributed by atoms with Crippen LogP contribution in [0.1, 0.15) is 11.1 Å². The molecule has 4 heteroatoms. The van der Waals surface area contributed by atoms with Gasteiger partial charge in [0.1, 0.15) is 0 Å². The van der Waals surface area contributed by atoms with Crippen molar-refractivity contribution in [3.63, 3.8) is 0 Å². The quantitative estimate of drug-likeness (QED) is 0.207. The SMILES string of the molecule is O=[Te](c1ccccc1)c1c(CSc2ccccc2)cccc1CSc1ccccc1. The Kier molecular flexibility index (Phi) is 7.83. The first-order valence-corrected chi connectivity index (χ1v) is 15.0. The summed E-state index contributed by atoms with van der Waals surface area (Å²) >= 11 is 0.717. The molecular weight excluding hydrogens is 520 g/mol. The van der Waals surface area contributed by atoms with Gasteiger partial charge >= 0.3 is 195 Å². The van der Waals surface area contributed by atoms with Crippen molar-refractivity contribution in [2.75, 3.05) is 0 Å². The molecule has 0 unspecified atom stereocenters. The third kappa shape index (κ3) is 5.65. The molecule has 30 heavy (non-hydrogen) atoms. The van der Waals surface area contributed by atoms with E-state index >= 15 is 0 Å². The van der Waals surface area contributed by atoms with E-state index < -0.39 is 19.5 Å². The molecule has 0 aromatic heterocycles. The summed E-state index contributed by atoms with van der Waals surface area (Å²) in [5.74, 6) is 1.66. The van der Waals surface area contributed by atoms with Gasteiger partial charge in [0.15, 0.2) is 0 Å². The molecule has 4 aromatic carbocycles. The number of thioether (sulfide) groups is 2. The molecule has 0 aliphatic rings. The van der Waals surface area contributed by atoms with Crippen LogP contribution in [0.2, 0.25) is 0 Å². The predicted octanol–water partition coefficient (Wildman–Crippen LogP) is 5.81. The van der Waals surface area contributed by atoms with Crippen LogP contribution in [0.5, 0.6) is 0 Å². The fraction of sp³-hybridized carbons (Fsp3) is 0.0769. The molecule has 0 spiro atoms. The van der Waals surface area contributed by atoms with Crippen LogP contribution in [-0.2, 0) is 14.6 Å². The van der Waals surface area contributed by atoms with Crippen LogP contribution < -0.4 is 7.22 Å². The second-order valence-electron chi connectivity index (χ2n) is 6.69. The van der Waals surface area contributed by atoms with Gasteiger partial charge in [-0.2, -0.15) is 0 Å². The Bertz CT molecular complexity index is 1040. The summed E-state index contributed by atoms with van der Waals surface area (Å²) in [6.07, 6.45) is 0.